The monoisotopic (exact) mass is 242 g/mol. The van der Waals surface area contributed by atoms with Crippen LogP contribution in [0.25, 0.3) is 0 Å². The number of aliphatic hydroxyl groups excluding tert-OH is 1. The maximum absolute atomic E-state index is 9.22. The molecule has 14 heavy (non-hydrogen) atoms. The lowest BCUT2D eigenvalue weighted by molar-refractivity contribution is 0.0276. The minimum absolute atomic E-state index is 0.248. The highest BCUT2D eigenvalue weighted by Crippen LogP contribution is 2.06. The van der Waals surface area contributed by atoms with Crippen LogP contribution in [0.15, 0.2) is 0 Å². The van der Waals surface area contributed by atoms with Gasteiger partial charge in [0.25, 0.3) is 0 Å². The van der Waals surface area contributed by atoms with Crippen LogP contribution in [0.5, 0.6) is 0 Å². The minimum atomic E-state index is -2.64. The van der Waals surface area contributed by atoms with E-state index in [9.17, 15) is 5.11 Å². The molecule has 0 aromatic rings. The first-order chi connectivity index (χ1) is 6.64. The molecule has 0 rings (SSSR count). The summed E-state index contributed by atoms with van der Waals surface area (Å²) < 4.78 is 20.7. The standard InChI is InChI=1S/C7H19O5PSi/c1-9-14(10-2,11-3)6-12-4-7(8)5-13/h7-8H,4-6,13H2,1-3H3. The summed E-state index contributed by atoms with van der Waals surface area (Å²) >= 11 is 0. The largest absolute Gasteiger partial charge is 0.527 e. The molecule has 86 valence electrons. The third-order valence-electron chi connectivity index (χ3n) is 1.79. The third kappa shape index (κ3) is 4.79. The number of aliphatic hydroxyl groups is 1. The molecule has 0 aliphatic rings. The Morgan fingerprint density at radius 3 is 2.07 bits per heavy atom. The number of hydrogen-bond donors (Lipinski definition) is 1. The molecule has 2 unspecified atom stereocenters. The summed E-state index contributed by atoms with van der Waals surface area (Å²) in [5.41, 5.74) is 0. The lowest BCUT2D eigenvalue weighted by atomic mass is 10.4. The lowest BCUT2D eigenvalue weighted by Gasteiger charge is -2.24. The topological polar surface area (TPSA) is 57.2 Å². The summed E-state index contributed by atoms with van der Waals surface area (Å²) in [6.45, 7) is 0.258. The van der Waals surface area contributed by atoms with Crippen LogP contribution in [0.2, 0.25) is 0 Å². The average molecular weight is 242 g/mol. The Morgan fingerprint density at radius 1 is 1.21 bits per heavy atom. The molecule has 0 bridgehead atoms. The SMILES string of the molecule is CO[Si](COCC(O)CP)(OC)OC. The van der Waals surface area contributed by atoms with Crippen molar-refractivity contribution in [3.05, 3.63) is 0 Å². The Bertz CT molecular complexity index is 136. The van der Waals surface area contributed by atoms with Gasteiger partial charge in [0.05, 0.1) is 12.7 Å². The van der Waals surface area contributed by atoms with Crippen LogP contribution >= 0.6 is 9.24 Å². The van der Waals surface area contributed by atoms with Gasteiger partial charge in [-0.2, -0.15) is 0 Å². The summed E-state index contributed by atoms with van der Waals surface area (Å²) in [5, 5.41) is 9.22. The van der Waals surface area contributed by atoms with Gasteiger partial charge in [0.1, 0.15) is 6.23 Å². The van der Waals surface area contributed by atoms with Crippen molar-refractivity contribution in [2.75, 3.05) is 40.3 Å². The van der Waals surface area contributed by atoms with Gasteiger partial charge in [-0.25, -0.2) is 0 Å². The van der Waals surface area contributed by atoms with Gasteiger partial charge in [0.15, 0.2) is 0 Å². The van der Waals surface area contributed by atoms with E-state index in [4.69, 9.17) is 18.0 Å². The fourth-order valence-electron chi connectivity index (χ4n) is 0.815. The maximum Gasteiger partial charge on any atom is 0.527 e. The third-order valence-corrected chi connectivity index (χ3v) is 4.76. The van der Waals surface area contributed by atoms with Crippen molar-refractivity contribution < 1.29 is 23.1 Å². The van der Waals surface area contributed by atoms with Gasteiger partial charge in [0, 0.05) is 21.3 Å². The summed E-state index contributed by atoms with van der Waals surface area (Å²) in [6.07, 6.45) is 0.358. The van der Waals surface area contributed by atoms with Gasteiger partial charge < -0.3 is 23.1 Å². The van der Waals surface area contributed by atoms with Crippen molar-refractivity contribution in [1.29, 1.82) is 0 Å². The number of hydrogen-bond acceptors (Lipinski definition) is 5. The van der Waals surface area contributed by atoms with E-state index in [-0.39, 0.29) is 12.8 Å². The van der Waals surface area contributed by atoms with Gasteiger partial charge in [-0.05, 0) is 6.16 Å². The van der Waals surface area contributed by atoms with E-state index >= 15 is 0 Å². The molecular weight excluding hydrogens is 223 g/mol. The quantitative estimate of drug-likeness (QED) is 0.466. The molecule has 0 radical (unpaired) electrons. The highest BCUT2D eigenvalue weighted by molar-refractivity contribution is 7.16. The molecule has 0 spiro atoms. The average Bonchev–Trinajstić information content (AvgIpc) is 2.25. The molecule has 0 aliphatic heterocycles. The Kier molecular flexibility index (Phi) is 7.95. The first kappa shape index (κ1) is 14.4. The van der Waals surface area contributed by atoms with E-state index in [1.54, 1.807) is 0 Å². The molecule has 7 heteroatoms. The zero-order valence-electron chi connectivity index (χ0n) is 8.86. The number of rotatable bonds is 8. The second-order valence-corrected chi connectivity index (χ2v) is 6.05. The van der Waals surface area contributed by atoms with E-state index in [0.717, 1.165) is 0 Å². The zero-order valence-corrected chi connectivity index (χ0v) is 11.0. The van der Waals surface area contributed by atoms with Crippen molar-refractivity contribution in [3.63, 3.8) is 0 Å². The summed E-state index contributed by atoms with van der Waals surface area (Å²) in [5.74, 6) is 0. The Hall–Kier alpha value is 0.447. The molecule has 5 nitrogen and oxygen atoms in total. The molecule has 1 N–H and O–H groups in total. The van der Waals surface area contributed by atoms with Gasteiger partial charge in [-0.3, -0.25) is 0 Å². The fourth-order valence-corrected chi connectivity index (χ4v) is 2.17. The smallest absolute Gasteiger partial charge is 0.390 e. The molecule has 0 aromatic heterocycles. The Labute approximate surface area is 88.3 Å². The first-order valence-electron chi connectivity index (χ1n) is 4.25. The van der Waals surface area contributed by atoms with E-state index in [1.807, 2.05) is 0 Å². The van der Waals surface area contributed by atoms with Crippen LogP contribution in [-0.4, -0.2) is 60.3 Å². The zero-order chi connectivity index (χ0) is 11.0. The highest BCUT2D eigenvalue weighted by atomic mass is 31.0. The second-order valence-electron chi connectivity index (χ2n) is 2.70. The predicted molar refractivity (Wildman–Crippen MR) is 58.2 cm³/mol. The summed E-state index contributed by atoms with van der Waals surface area (Å²) in [4.78, 5) is 0. The second kappa shape index (κ2) is 7.70. The molecule has 0 saturated heterocycles. The molecular formula is C7H19O5PSi. The van der Waals surface area contributed by atoms with Gasteiger partial charge >= 0.3 is 8.80 Å². The van der Waals surface area contributed by atoms with Crippen LogP contribution in [0.4, 0.5) is 0 Å². The van der Waals surface area contributed by atoms with Gasteiger partial charge in [-0.15, -0.1) is 9.24 Å². The van der Waals surface area contributed by atoms with E-state index < -0.39 is 14.9 Å². The molecule has 0 aliphatic carbocycles. The van der Waals surface area contributed by atoms with Crippen LogP contribution in [0.1, 0.15) is 0 Å². The molecule has 2 atom stereocenters. The van der Waals surface area contributed by atoms with Gasteiger partial charge in [-0.1, -0.05) is 0 Å². The Morgan fingerprint density at radius 2 is 1.71 bits per heavy atom. The maximum atomic E-state index is 9.22. The van der Waals surface area contributed by atoms with Crippen molar-refractivity contribution >= 4 is 18.0 Å². The molecule has 0 aromatic carbocycles. The van der Waals surface area contributed by atoms with E-state index in [2.05, 4.69) is 9.24 Å². The molecule has 0 saturated carbocycles. The Balaban J connectivity index is 3.82. The molecule has 0 heterocycles. The van der Waals surface area contributed by atoms with Crippen LogP contribution in [0.3, 0.4) is 0 Å². The van der Waals surface area contributed by atoms with Gasteiger partial charge in [0.2, 0.25) is 0 Å². The van der Waals surface area contributed by atoms with E-state index in [0.29, 0.717) is 6.16 Å². The van der Waals surface area contributed by atoms with Crippen molar-refractivity contribution in [2.24, 2.45) is 0 Å². The molecule has 0 fully saturated rings. The van der Waals surface area contributed by atoms with E-state index in [1.165, 1.54) is 21.3 Å². The highest BCUT2D eigenvalue weighted by Gasteiger charge is 2.38. The first-order valence-corrected chi connectivity index (χ1v) is 7.00. The fraction of sp³-hybridized carbons (Fsp3) is 1.00. The minimum Gasteiger partial charge on any atom is -0.390 e. The number of ether oxygens (including phenoxy) is 1. The normalized spacial score (nSPS) is 14.4. The van der Waals surface area contributed by atoms with Crippen LogP contribution in [-0.2, 0) is 18.0 Å². The predicted octanol–water partition coefficient (Wildman–Crippen LogP) is -0.344. The summed E-state index contributed by atoms with van der Waals surface area (Å²) in [7, 11) is 4.37. The van der Waals surface area contributed by atoms with Crippen LogP contribution in [0, 0.1) is 0 Å². The molecule has 0 amide bonds. The van der Waals surface area contributed by atoms with Crippen molar-refractivity contribution in [3.8, 4) is 0 Å². The van der Waals surface area contributed by atoms with Crippen molar-refractivity contribution in [2.45, 2.75) is 6.10 Å². The summed E-state index contributed by atoms with van der Waals surface area (Å²) in [6, 6.07) is 0. The lowest BCUT2D eigenvalue weighted by Crippen LogP contribution is -2.48. The van der Waals surface area contributed by atoms with Crippen molar-refractivity contribution in [1.82, 2.24) is 0 Å². The van der Waals surface area contributed by atoms with Crippen LogP contribution < -0.4 is 0 Å².